The number of aromatic nitrogens is 2. The molecule has 160 valence electrons. The molecular formula is C21H25N3O5S. The van der Waals surface area contributed by atoms with Crippen molar-refractivity contribution in [2.75, 3.05) is 13.2 Å². The van der Waals surface area contributed by atoms with Gasteiger partial charge in [-0.25, -0.2) is 17.9 Å². The van der Waals surface area contributed by atoms with Crippen LogP contribution in [0.25, 0.3) is 11.0 Å². The second kappa shape index (κ2) is 8.85. The van der Waals surface area contributed by atoms with Crippen molar-refractivity contribution in [3.8, 4) is 0 Å². The van der Waals surface area contributed by atoms with E-state index in [0.29, 0.717) is 17.5 Å². The molecule has 0 saturated heterocycles. The van der Waals surface area contributed by atoms with E-state index >= 15 is 0 Å². The Morgan fingerprint density at radius 2 is 1.73 bits per heavy atom. The summed E-state index contributed by atoms with van der Waals surface area (Å²) in [5.41, 5.74) is 1.82. The maximum atomic E-state index is 12.9. The van der Waals surface area contributed by atoms with E-state index < -0.39 is 21.9 Å². The average molecular weight is 432 g/mol. The molecule has 3 aromatic rings. The predicted molar refractivity (Wildman–Crippen MR) is 114 cm³/mol. The maximum Gasteiger partial charge on any atom is 0.328 e. The Balaban J connectivity index is 1.83. The summed E-state index contributed by atoms with van der Waals surface area (Å²) in [6, 6.07) is 13.9. The van der Waals surface area contributed by atoms with Crippen LogP contribution in [0.4, 0.5) is 0 Å². The largest absolute Gasteiger partial charge is 0.466 e. The van der Waals surface area contributed by atoms with E-state index in [1.165, 1.54) is 21.3 Å². The molecule has 0 bridgehead atoms. The molecule has 0 spiro atoms. The molecule has 1 heterocycles. The number of ether oxygens (including phenoxy) is 1. The van der Waals surface area contributed by atoms with Gasteiger partial charge in [-0.1, -0.05) is 30.3 Å². The Labute approximate surface area is 175 Å². The van der Waals surface area contributed by atoms with E-state index in [9.17, 15) is 18.0 Å². The Morgan fingerprint density at radius 3 is 2.40 bits per heavy atom. The Morgan fingerprint density at radius 1 is 1.07 bits per heavy atom. The minimum Gasteiger partial charge on any atom is -0.466 e. The highest BCUT2D eigenvalue weighted by atomic mass is 32.2. The highest BCUT2D eigenvalue weighted by Crippen LogP contribution is 2.18. The number of rotatable bonds is 8. The molecule has 0 fully saturated rings. The van der Waals surface area contributed by atoms with Crippen molar-refractivity contribution in [1.82, 2.24) is 13.9 Å². The van der Waals surface area contributed by atoms with Crippen molar-refractivity contribution < 1.29 is 17.9 Å². The van der Waals surface area contributed by atoms with E-state index in [0.717, 1.165) is 5.56 Å². The SMILES string of the molecule is CCOC(=O)[C@H](CNS(=O)(=O)c1ccc2c(c1)n(C)c(=O)n2C)Cc1ccccc1. The van der Waals surface area contributed by atoms with Crippen molar-refractivity contribution in [2.24, 2.45) is 20.0 Å². The molecule has 0 amide bonds. The number of benzene rings is 2. The fourth-order valence-electron chi connectivity index (χ4n) is 3.34. The molecule has 0 aliphatic rings. The van der Waals surface area contributed by atoms with Gasteiger partial charge in [0, 0.05) is 20.6 Å². The van der Waals surface area contributed by atoms with Gasteiger partial charge >= 0.3 is 11.7 Å². The van der Waals surface area contributed by atoms with Crippen molar-refractivity contribution in [1.29, 1.82) is 0 Å². The zero-order valence-electron chi connectivity index (χ0n) is 17.2. The quantitative estimate of drug-likeness (QED) is 0.546. The number of imidazole rings is 1. The van der Waals surface area contributed by atoms with Crippen LogP contribution in [0.1, 0.15) is 12.5 Å². The number of hydrogen-bond acceptors (Lipinski definition) is 5. The molecule has 1 N–H and O–H groups in total. The van der Waals surface area contributed by atoms with Crippen LogP contribution in [0.3, 0.4) is 0 Å². The molecule has 0 saturated carbocycles. The summed E-state index contributed by atoms with van der Waals surface area (Å²) in [7, 11) is -0.672. The summed E-state index contributed by atoms with van der Waals surface area (Å²) in [4.78, 5) is 24.5. The number of nitrogens with zero attached hydrogens (tertiary/aromatic N) is 2. The second-order valence-electron chi connectivity index (χ2n) is 7.04. The first-order chi connectivity index (χ1) is 14.2. The molecule has 30 heavy (non-hydrogen) atoms. The summed E-state index contributed by atoms with van der Waals surface area (Å²) in [5.74, 6) is -1.11. The lowest BCUT2D eigenvalue weighted by Crippen LogP contribution is -2.35. The third-order valence-corrected chi connectivity index (χ3v) is 6.44. The van der Waals surface area contributed by atoms with Crippen LogP contribution in [0.15, 0.2) is 58.2 Å². The van der Waals surface area contributed by atoms with Crippen LogP contribution in [0, 0.1) is 5.92 Å². The maximum absolute atomic E-state index is 12.9. The van der Waals surface area contributed by atoms with Gasteiger partial charge in [0.25, 0.3) is 0 Å². The summed E-state index contributed by atoms with van der Waals surface area (Å²) in [5, 5.41) is 0. The number of aryl methyl sites for hydroxylation is 2. The Hall–Kier alpha value is -2.91. The van der Waals surface area contributed by atoms with Gasteiger partial charge in [0.1, 0.15) is 0 Å². The van der Waals surface area contributed by atoms with Gasteiger partial charge in [-0.3, -0.25) is 13.9 Å². The standard InChI is InChI=1S/C21H25N3O5S/c1-4-29-20(25)16(12-15-8-6-5-7-9-15)14-22-30(27,28)17-10-11-18-19(13-17)24(3)21(26)23(18)2/h5-11,13,16,22H,4,12,14H2,1-3H3/t16-/m0/s1. The topological polar surface area (TPSA) is 99.4 Å². The molecule has 1 aromatic heterocycles. The molecule has 1 atom stereocenters. The number of nitrogens with one attached hydrogen (secondary N) is 1. The average Bonchev–Trinajstić information content (AvgIpc) is 2.95. The van der Waals surface area contributed by atoms with E-state index in [1.54, 1.807) is 27.1 Å². The molecule has 8 nitrogen and oxygen atoms in total. The van der Waals surface area contributed by atoms with E-state index in [4.69, 9.17) is 4.74 Å². The van der Waals surface area contributed by atoms with Crippen LogP contribution >= 0.6 is 0 Å². The molecule has 0 aliphatic carbocycles. The van der Waals surface area contributed by atoms with Crippen LogP contribution in [-0.4, -0.2) is 36.7 Å². The lowest BCUT2D eigenvalue weighted by atomic mass is 10.00. The first-order valence-corrected chi connectivity index (χ1v) is 11.1. The number of carbonyl (C=O) groups is 1. The van der Waals surface area contributed by atoms with Gasteiger partial charge < -0.3 is 4.74 Å². The Kier molecular flexibility index (Phi) is 6.42. The minimum atomic E-state index is -3.89. The highest BCUT2D eigenvalue weighted by Gasteiger charge is 2.24. The number of fused-ring (bicyclic) bond motifs is 1. The lowest BCUT2D eigenvalue weighted by molar-refractivity contribution is -0.147. The zero-order chi connectivity index (χ0) is 21.9. The van der Waals surface area contributed by atoms with Crippen LogP contribution in [0.2, 0.25) is 0 Å². The minimum absolute atomic E-state index is 0.0264. The van der Waals surface area contributed by atoms with Gasteiger partial charge in [-0.05, 0) is 37.1 Å². The predicted octanol–water partition coefficient (Wildman–Crippen LogP) is 1.58. The van der Waals surface area contributed by atoms with E-state index in [2.05, 4.69) is 4.72 Å². The normalized spacial score (nSPS) is 12.8. The van der Waals surface area contributed by atoms with Crippen molar-refractivity contribution in [3.63, 3.8) is 0 Å². The zero-order valence-corrected chi connectivity index (χ0v) is 18.0. The van der Waals surface area contributed by atoms with Crippen LogP contribution in [-0.2, 0) is 40.1 Å². The first-order valence-electron chi connectivity index (χ1n) is 9.60. The van der Waals surface area contributed by atoms with Crippen molar-refractivity contribution in [3.05, 3.63) is 64.6 Å². The van der Waals surface area contributed by atoms with Crippen LogP contribution in [0.5, 0.6) is 0 Å². The highest BCUT2D eigenvalue weighted by molar-refractivity contribution is 7.89. The number of carbonyl (C=O) groups excluding carboxylic acids is 1. The van der Waals surface area contributed by atoms with Gasteiger partial charge in [0.2, 0.25) is 10.0 Å². The van der Waals surface area contributed by atoms with Gasteiger partial charge in [-0.2, -0.15) is 0 Å². The third kappa shape index (κ3) is 4.47. The smallest absolute Gasteiger partial charge is 0.328 e. The van der Waals surface area contributed by atoms with Gasteiger partial charge in [0.05, 0.1) is 28.5 Å². The summed E-state index contributed by atoms with van der Waals surface area (Å²) in [6.07, 6.45) is 0.356. The summed E-state index contributed by atoms with van der Waals surface area (Å²) >= 11 is 0. The second-order valence-corrected chi connectivity index (χ2v) is 8.81. The van der Waals surface area contributed by atoms with Crippen LogP contribution < -0.4 is 10.4 Å². The Bertz CT molecular complexity index is 1210. The number of sulfonamides is 1. The number of esters is 1. The fraction of sp³-hybridized carbons (Fsp3) is 0.333. The number of hydrogen-bond donors (Lipinski definition) is 1. The van der Waals surface area contributed by atoms with E-state index in [-0.39, 0.29) is 23.7 Å². The summed E-state index contributed by atoms with van der Waals surface area (Å²) in [6.45, 7) is 1.83. The van der Waals surface area contributed by atoms with Gasteiger partial charge in [0.15, 0.2) is 0 Å². The van der Waals surface area contributed by atoms with Crippen molar-refractivity contribution in [2.45, 2.75) is 18.2 Å². The molecule has 2 aromatic carbocycles. The van der Waals surface area contributed by atoms with Gasteiger partial charge in [-0.15, -0.1) is 0 Å². The van der Waals surface area contributed by atoms with Crippen molar-refractivity contribution >= 4 is 27.0 Å². The molecule has 0 unspecified atom stereocenters. The fourth-order valence-corrected chi connectivity index (χ4v) is 4.45. The third-order valence-electron chi connectivity index (χ3n) is 5.02. The first kappa shape index (κ1) is 21.8. The molecule has 9 heteroatoms. The van der Waals surface area contributed by atoms with E-state index in [1.807, 2.05) is 30.3 Å². The lowest BCUT2D eigenvalue weighted by Gasteiger charge is -2.17. The molecule has 3 rings (SSSR count). The molecular weight excluding hydrogens is 406 g/mol. The summed E-state index contributed by atoms with van der Waals surface area (Å²) < 4.78 is 36.2. The molecule has 0 aliphatic heterocycles. The monoisotopic (exact) mass is 431 g/mol. The molecule has 0 radical (unpaired) electrons.